The monoisotopic (exact) mass is 562 g/mol. The molecule has 5 nitrogen and oxygen atoms in total. The van der Waals surface area contributed by atoms with Crippen LogP contribution in [-0.2, 0) is 23.4 Å². The number of methoxy groups -OCH3 is 2. The Morgan fingerprint density at radius 2 is 1.77 bits per heavy atom. The van der Waals surface area contributed by atoms with Crippen LogP contribution < -0.4 is 0 Å². The second-order valence-electron chi connectivity index (χ2n) is 15.0. The minimum absolute atomic E-state index is 0.123. The topological polar surface area (TPSA) is 46.2 Å². The van der Waals surface area contributed by atoms with Gasteiger partial charge in [0.25, 0.3) is 0 Å². The van der Waals surface area contributed by atoms with E-state index in [4.69, 9.17) is 23.4 Å². The van der Waals surface area contributed by atoms with Crippen molar-refractivity contribution in [3.05, 3.63) is 23.3 Å². The molecule has 0 aromatic heterocycles. The van der Waals surface area contributed by atoms with Crippen molar-refractivity contribution in [2.24, 2.45) is 35.0 Å². The number of ether oxygens (including phenoxy) is 4. The molecule has 0 saturated heterocycles. The van der Waals surface area contributed by atoms with E-state index in [1.807, 2.05) is 0 Å². The van der Waals surface area contributed by atoms with Gasteiger partial charge in [0.15, 0.2) is 8.32 Å². The van der Waals surface area contributed by atoms with E-state index in [-0.39, 0.29) is 22.2 Å². The fourth-order valence-electron chi connectivity index (χ4n) is 8.66. The smallest absolute Gasteiger partial charge is 0.191 e. The quantitative estimate of drug-likeness (QED) is 0.199. The Labute approximate surface area is 240 Å². The summed E-state index contributed by atoms with van der Waals surface area (Å²) in [5, 5.41) is 0.235. The van der Waals surface area contributed by atoms with Crippen LogP contribution in [0.25, 0.3) is 0 Å². The fourth-order valence-corrected chi connectivity index (χ4v) is 9.78. The average Bonchev–Trinajstić information content (AvgIpc) is 3.23. The lowest BCUT2D eigenvalue weighted by atomic mass is 9.51. The molecular weight excluding hydrogens is 504 g/mol. The predicted molar refractivity (Wildman–Crippen MR) is 161 cm³/mol. The van der Waals surface area contributed by atoms with Gasteiger partial charge < -0.3 is 23.4 Å². The molecule has 0 heterocycles. The van der Waals surface area contributed by atoms with Crippen LogP contribution in [0.2, 0.25) is 18.1 Å². The third-order valence-corrected chi connectivity index (χ3v) is 16.4. The molecule has 0 aliphatic heterocycles. The third kappa shape index (κ3) is 5.90. The number of hydrogen-bond acceptors (Lipinski definition) is 5. The van der Waals surface area contributed by atoms with E-state index in [2.05, 4.69) is 66.8 Å². The Morgan fingerprint density at radius 1 is 1.05 bits per heavy atom. The van der Waals surface area contributed by atoms with E-state index in [1.165, 1.54) is 30.4 Å². The Kier molecular flexibility index (Phi) is 9.68. The zero-order valence-corrected chi connectivity index (χ0v) is 27.7. The van der Waals surface area contributed by atoms with Crippen molar-refractivity contribution in [3.8, 4) is 0 Å². The Bertz CT molecular complexity index is 906. The average molecular weight is 563 g/mol. The van der Waals surface area contributed by atoms with Gasteiger partial charge in [0.2, 0.25) is 0 Å². The maximum Gasteiger partial charge on any atom is 0.191 e. The molecule has 0 amide bonds. The molecule has 0 radical (unpaired) electrons. The van der Waals surface area contributed by atoms with Crippen molar-refractivity contribution >= 4 is 8.32 Å². The molecule has 6 heteroatoms. The van der Waals surface area contributed by atoms with Gasteiger partial charge in [-0.1, -0.05) is 52.3 Å². The van der Waals surface area contributed by atoms with Gasteiger partial charge in [0.1, 0.15) is 13.6 Å². The van der Waals surface area contributed by atoms with Gasteiger partial charge in [-0.15, -0.1) is 0 Å². The summed E-state index contributed by atoms with van der Waals surface area (Å²) >= 11 is 0. The van der Waals surface area contributed by atoms with Crippen LogP contribution in [0.5, 0.6) is 0 Å². The highest BCUT2D eigenvalue weighted by atomic mass is 28.4. The lowest BCUT2D eigenvalue weighted by Crippen LogP contribution is -2.61. The number of rotatable bonds is 10. The van der Waals surface area contributed by atoms with Crippen LogP contribution in [-0.4, -0.2) is 54.4 Å². The summed E-state index contributed by atoms with van der Waals surface area (Å²) in [4.78, 5) is 0. The van der Waals surface area contributed by atoms with Crippen molar-refractivity contribution in [1.29, 1.82) is 0 Å². The van der Waals surface area contributed by atoms with Crippen LogP contribution in [0.4, 0.5) is 0 Å². The first-order chi connectivity index (χ1) is 18.3. The van der Waals surface area contributed by atoms with Crippen molar-refractivity contribution in [2.75, 3.05) is 34.4 Å². The van der Waals surface area contributed by atoms with Crippen molar-refractivity contribution in [3.63, 3.8) is 0 Å². The minimum atomic E-state index is -1.78. The SMILES string of the molecule is COCO[C@H]1[C@H]2CC=C(C)/C(=C/C[C@@]3(OCOC)[C@@H]4CC[C@H]([C@H](C)CO[Si](C)(C)C(C)(C)C)[C@@]4(C)CC[C@@H]13)C2. The van der Waals surface area contributed by atoms with Gasteiger partial charge in [-0.05, 0) is 105 Å². The molecule has 224 valence electrons. The molecule has 39 heavy (non-hydrogen) atoms. The molecule has 4 aliphatic rings. The summed E-state index contributed by atoms with van der Waals surface area (Å²) in [6.45, 7) is 20.6. The van der Waals surface area contributed by atoms with E-state index in [0.717, 1.165) is 32.3 Å². The van der Waals surface area contributed by atoms with Crippen LogP contribution in [0.1, 0.15) is 86.5 Å². The summed E-state index contributed by atoms with van der Waals surface area (Å²) in [5.41, 5.74) is 2.83. The van der Waals surface area contributed by atoms with Gasteiger partial charge in [-0.2, -0.15) is 0 Å². The first-order valence-electron chi connectivity index (χ1n) is 15.5. The predicted octanol–water partition coefficient (Wildman–Crippen LogP) is 8.12. The summed E-state index contributed by atoms with van der Waals surface area (Å²) in [7, 11) is 1.71. The van der Waals surface area contributed by atoms with E-state index in [9.17, 15) is 0 Å². The lowest BCUT2D eigenvalue weighted by molar-refractivity contribution is -0.253. The van der Waals surface area contributed by atoms with Gasteiger partial charge in [0, 0.05) is 26.7 Å². The van der Waals surface area contributed by atoms with Gasteiger partial charge >= 0.3 is 0 Å². The zero-order valence-electron chi connectivity index (χ0n) is 26.7. The molecule has 2 fully saturated rings. The normalized spacial score (nSPS) is 39.1. The second-order valence-corrected chi connectivity index (χ2v) is 19.8. The van der Waals surface area contributed by atoms with Gasteiger partial charge in [0.05, 0.1) is 11.7 Å². The molecule has 4 aliphatic carbocycles. The number of fused-ring (bicyclic) bond motifs is 5. The third-order valence-electron chi connectivity index (χ3n) is 11.9. The molecule has 0 aromatic carbocycles. The van der Waals surface area contributed by atoms with E-state index < -0.39 is 8.32 Å². The second kappa shape index (κ2) is 12.0. The summed E-state index contributed by atoms with van der Waals surface area (Å²) in [6.07, 6.45) is 13.0. The van der Waals surface area contributed by atoms with Crippen LogP contribution in [0, 0.1) is 35.0 Å². The number of hydrogen-bond donors (Lipinski definition) is 0. The molecular formula is C33H58O5Si. The Morgan fingerprint density at radius 3 is 2.44 bits per heavy atom. The van der Waals surface area contributed by atoms with Crippen LogP contribution >= 0.6 is 0 Å². The minimum Gasteiger partial charge on any atom is -0.417 e. The summed E-state index contributed by atoms with van der Waals surface area (Å²) in [6, 6.07) is 0. The molecule has 0 aromatic rings. The molecule has 8 atom stereocenters. The highest BCUT2D eigenvalue weighted by Crippen LogP contribution is 2.65. The van der Waals surface area contributed by atoms with Crippen molar-refractivity contribution in [1.82, 2.24) is 0 Å². The molecule has 0 unspecified atom stereocenters. The lowest BCUT2D eigenvalue weighted by Gasteiger charge is -2.59. The Balaban J connectivity index is 1.68. The first kappa shape index (κ1) is 31.4. The van der Waals surface area contributed by atoms with Gasteiger partial charge in [-0.3, -0.25) is 0 Å². The van der Waals surface area contributed by atoms with Gasteiger partial charge in [-0.25, -0.2) is 0 Å². The highest BCUT2D eigenvalue weighted by molar-refractivity contribution is 6.74. The molecule has 2 saturated carbocycles. The number of allylic oxidation sites excluding steroid dienone is 3. The molecule has 2 bridgehead atoms. The standard InChI is InChI=1S/C33H58O5Si/c1-23-11-12-26-19-25(23)15-18-33(37-22-35-8)28(30(26)36-21-34-7)16-17-32(6)27(13-14-29(32)33)24(2)20-38-39(9,10)31(3,4)5/h11,15,24,26-30H,12-14,16-22H2,1-10H3/b25-15+/t24-,26+,27-,28+,29-,30+,32-,33+/m1/s1. The molecule has 4 rings (SSSR count). The molecule has 0 spiro atoms. The van der Waals surface area contributed by atoms with E-state index in [0.29, 0.717) is 43.2 Å². The maximum atomic E-state index is 7.00. The van der Waals surface area contributed by atoms with Crippen molar-refractivity contribution < 1.29 is 23.4 Å². The van der Waals surface area contributed by atoms with Crippen LogP contribution in [0.3, 0.4) is 0 Å². The molecule has 0 N–H and O–H groups in total. The highest BCUT2D eigenvalue weighted by Gasteiger charge is 2.64. The summed E-state index contributed by atoms with van der Waals surface area (Å²) < 4.78 is 31.5. The largest absolute Gasteiger partial charge is 0.417 e. The summed E-state index contributed by atoms with van der Waals surface area (Å²) in [5.74, 6) is 2.42. The van der Waals surface area contributed by atoms with Crippen LogP contribution in [0.15, 0.2) is 23.3 Å². The Hall–Kier alpha value is -0.503. The first-order valence-corrected chi connectivity index (χ1v) is 18.4. The van der Waals surface area contributed by atoms with E-state index in [1.54, 1.807) is 14.2 Å². The van der Waals surface area contributed by atoms with Crippen molar-refractivity contribution in [2.45, 2.75) is 116 Å². The maximum absolute atomic E-state index is 7.00. The zero-order chi connectivity index (χ0) is 28.6. The fraction of sp³-hybridized carbons (Fsp3) is 0.879. The van der Waals surface area contributed by atoms with E-state index >= 15 is 0 Å².